The SMILES string of the molecule is CNC(C)C(=O)NC(C(=O)N1Cc2ccc(C(=O)O)cc2CC1C(=O)NC1CCCc2ccccc21)C(C)(C)C. The third-order valence-corrected chi connectivity index (χ3v) is 8.08. The van der Waals surface area contributed by atoms with Crippen LogP contribution >= 0.6 is 0 Å². The summed E-state index contributed by atoms with van der Waals surface area (Å²) in [5, 5.41) is 18.5. The molecule has 0 radical (unpaired) electrons. The summed E-state index contributed by atoms with van der Waals surface area (Å²) < 4.78 is 0. The third-order valence-electron chi connectivity index (χ3n) is 8.08. The van der Waals surface area contributed by atoms with Gasteiger partial charge in [0.2, 0.25) is 17.7 Å². The second-order valence-electron chi connectivity index (χ2n) is 11.9. The lowest BCUT2D eigenvalue weighted by Crippen LogP contribution is -2.62. The minimum atomic E-state index is -1.05. The maximum absolute atomic E-state index is 14.2. The second kappa shape index (κ2) is 11.8. The van der Waals surface area contributed by atoms with Gasteiger partial charge in [-0.15, -0.1) is 0 Å². The molecule has 1 aliphatic carbocycles. The van der Waals surface area contributed by atoms with Crippen LogP contribution in [0.5, 0.6) is 0 Å². The molecule has 0 aromatic heterocycles. The Morgan fingerprint density at radius 2 is 1.75 bits per heavy atom. The number of hydrogen-bond donors (Lipinski definition) is 4. The number of carbonyl (C=O) groups excluding carboxylic acids is 3. The van der Waals surface area contributed by atoms with Gasteiger partial charge < -0.3 is 26.0 Å². The van der Waals surface area contributed by atoms with Gasteiger partial charge in [-0.25, -0.2) is 4.79 Å². The summed E-state index contributed by atoms with van der Waals surface area (Å²) in [6.45, 7) is 7.49. The van der Waals surface area contributed by atoms with Gasteiger partial charge in [0.1, 0.15) is 12.1 Å². The van der Waals surface area contributed by atoms with Crippen molar-refractivity contribution in [1.82, 2.24) is 20.9 Å². The largest absolute Gasteiger partial charge is 0.478 e. The molecular weight excluding hydrogens is 508 g/mol. The molecule has 0 bridgehead atoms. The van der Waals surface area contributed by atoms with E-state index in [-0.39, 0.29) is 42.3 Å². The van der Waals surface area contributed by atoms with E-state index in [0.29, 0.717) is 0 Å². The molecule has 4 atom stereocenters. The Hall–Kier alpha value is -3.72. The zero-order chi connectivity index (χ0) is 29.2. The molecule has 2 aromatic carbocycles. The van der Waals surface area contributed by atoms with Crippen molar-refractivity contribution in [3.05, 3.63) is 70.3 Å². The van der Waals surface area contributed by atoms with Crippen molar-refractivity contribution in [2.24, 2.45) is 5.41 Å². The molecule has 4 rings (SSSR count). The van der Waals surface area contributed by atoms with Crippen LogP contribution in [0.2, 0.25) is 0 Å². The van der Waals surface area contributed by atoms with E-state index in [1.54, 1.807) is 31.0 Å². The highest BCUT2D eigenvalue weighted by Crippen LogP contribution is 2.32. The Balaban J connectivity index is 1.68. The minimum Gasteiger partial charge on any atom is -0.478 e. The maximum atomic E-state index is 14.2. The first-order chi connectivity index (χ1) is 18.9. The molecule has 9 nitrogen and oxygen atoms in total. The highest BCUT2D eigenvalue weighted by atomic mass is 16.4. The van der Waals surface area contributed by atoms with Gasteiger partial charge in [-0.2, -0.15) is 0 Å². The van der Waals surface area contributed by atoms with E-state index in [0.717, 1.165) is 36.0 Å². The number of nitrogens with zero attached hydrogens (tertiary/aromatic N) is 1. The van der Waals surface area contributed by atoms with Gasteiger partial charge in [0, 0.05) is 13.0 Å². The maximum Gasteiger partial charge on any atom is 0.335 e. The number of hydrogen-bond acceptors (Lipinski definition) is 5. The molecule has 4 N–H and O–H groups in total. The number of carboxylic acids is 1. The van der Waals surface area contributed by atoms with Crippen LogP contribution in [0, 0.1) is 5.41 Å². The summed E-state index contributed by atoms with van der Waals surface area (Å²) in [4.78, 5) is 54.2. The zero-order valence-electron chi connectivity index (χ0n) is 23.9. The number of amides is 3. The number of nitrogens with one attached hydrogen (secondary N) is 3. The average Bonchev–Trinajstić information content (AvgIpc) is 2.93. The smallest absolute Gasteiger partial charge is 0.335 e. The molecule has 40 heavy (non-hydrogen) atoms. The lowest BCUT2D eigenvalue weighted by Gasteiger charge is -2.41. The lowest BCUT2D eigenvalue weighted by atomic mass is 9.83. The van der Waals surface area contributed by atoms with E-state index < -0.39 is 29.5 Å². The molecule has 0 spiro atoms. The number of likely N-dealkylation sites (N-methyl/N-ethyl adjacent to an activating group) is 1. The number of aryl methyl sites for hydroxylation is 1. The van der Waals surface area contributed by atoms with Crippen molar-refractivity contribution in [2.75, 3.05) is 7.05 Å². The summed E-state index contributed by atoms with van der Waals surface area (Å²) in [5.74, 6) is -1.99. The Labute approximate surface area is 235 Å². The lowest BCUT2D eigenvalue weighted by molar-refractivity contribution is -0.147. The molecule has 2 aromatic rings. The van der Waals surface area contributed by atoms with E-state index in [1.165, 1.54) is 11.6 Å². The molecule has 1 aliphatic heterocycles. The normalized spacial score (nSPS) is 20.0. The fraction of sp³-hybridized carbons (Fsp3) is 0.484. The molecule has 3 amide bonds. The van der Waals surface area contributed by atoms with Crippen LogP contribution in [0.15, 0.2) is 42.5 Å². The molecule has 1 heterocycles. The van der Waals surface area contributed by atoms with Crippen molar-refractivity contribution in [3.8, 4) is 0 Å². The Kier molecular flexibility index (Phi) is 8.63. The van der Waals surface area contributed by atoms with Crippen LogP contribution in [0.4, 0.5) is 0 Å². The quantitative estimate of drug-likeness (QED) is 0.421. The van der Waals surface area contributed by atoms with E-state index >= 15 is 0 Å². The number of aromatic carboxylic acids is 1. The summed E-state index contributed by atoms with van der Waals surface area (Å²) in [6, 6.07) is 10.5. The van der Waals surface area contributed by atoms with Crippen molar-refractivity contribution in [3.63, 3.8) is 0 Å². The zero-order valence-corrected chi connectivity index (χ0v) is 23.9. The van der Waals surface area contributed by atoms with Crippen LogP contribution in [0.1, 0.15) is 79.2 Å². The first kappa shape index (κ1) is 29.3. The molecule has 0 saturated carbocycles. The number of carboxylic acid groups (broad SMARTS) is 1. The molecule has 0 saturated heterocycles. The standard InChI is InChI=1S/C31H40N4O5/c1-18(32-5)27(36)34-26(31(2,3)4)29(38)35-17-21-14-13-20(30(39)40)15-22(21)16-25(35)28(37)33-24-12-8-10-19-9-6-7-11-23(19)24/h6-7,9,11,13-15,18,24-26,32H,8,10,12,16-17H2,1-5H3,(H,33,37)(H,34,36)(H,39,40). The predicted molar refractivity (Wildman–Crippen MR) is 152 cm³/mol. The van der Waals surface area contributed by atoms with Crippen LogP contribution in [0.3, 0.4) is 0 Å². The average molecular weight is 549 g/mol. The van der Waals surface area contributed by atoms with Gasteiger partial charge >= 0.3 is 5.97 Å². The monoisotopic (exact) mass is 548 g/mol. The van der Waals surface area contributed by atoms with Crippen LogP contribution < -0.4 is 16.0 Å². The highest BCUT2D eigenvalue weighted by molar-refractivity contribution is 5.94. The Morgan fingerprint density at radius 1 is 1.02 bits per heavy atom. The summed E-state index contributed by atoms with van der Waals surface area (Å²) in [7, 11) is 1.68. The molecule has 9 heteroatoms. The van der Waals surface area contributed by atoms with Gasteiger partial charge in [0.15, 0.2) is 0 Å². The van der Waals surface area contributed by atoms with Gasteiger partial charge in [-0.05, 0) is 73.0 Å². The van der Waals surface area contributed by atoms with Gasteiger partial charge in [-0.3, -0.25) is 14.4 Å². The molecular formula is C31H40N4O5. The number of benzene rings is 2. The topological polar surface area (TPSA) is 128 Å². The van der Waals surface area contributed by atoms with Crippen molar-refractivity contribution >= 4 is 23.7 Å². The fourth-order valence-corrected chi connectivity index (χ4v) is 5.57. The summed E-state index contributed by atoms with van der Waals surface area (Å²) >= 11 is 0. The minimum absolute atomic E-state index is 0.136. The number of rotatable bonds is 7. The first-order valence-electron chi connectivity index (χ1n) is 13.9. The summed E-state index contributed by atoms with van der Waals surface area (Å²) in [6.07, 6.45) is 2.88. The second-order valence-corrected chi connectivity index (χ2v) is 11.9. The third kappa shape index (κ3) is 6.20. The predicted octanol–water partition coefficient (Wildman–Crippen LogP) is 2.97. The van der Waals surface area contributed by atoms with E-state index in [1.807, 2.05) is 39.0 Å². The van der Waals surface area contributed by atoms with Gasteiger partial charge in [0.05, 0.1) is 17.6 Å². The van der Waals surface area contributed by atoms with Crippen LogP contribution in [0.25, 0.3) is 0 Å². The Morgan fingerprint density at radius 3 is 2.42 bits per heavy atom. The van der Waals surface area contributed by atoms with Gasteiger partial charge in [0.25, 0.3) is 0 Å². The molecule has 214 valence electrons. The van der Waals surface area contributed by atoms with E-state index in [2.05, 4.69) is 22.0 Å². The van der Waals surface area contributed by atoms with Crippen molar-refractivity contribution in [1.29, 1.82) is 0 Å². The van der Waals surface area contributed by atoms with Crippen LogP contribution in [-0.4, -0.2) is 58.9 Å². The van der Waals surface area contributed by atoms with Crippen LogP contribution in [-0.2, 0) is 33.8 Å². The molecule has 2 aliphatic rings. The number of carbonyl (C=O) groups is 4. The number of fused-ring (bicyclic) bond motifs is 2. The fourth-order valence-electron chi connectivity index (χ4n) is 5.57. The molecule has 4 unspecified atom stereocenters. The Bertz CT molecular complexity index is 1300. The van der Waals surface area contributed by atoms with E-state index in [4.69, 9.17) is 0 Å². The van der Waals surface area contributed by atoms with Gasteiger partial charge in [-0.1, -0.05) is 51.1 Å². The first-order valence-corrected chi connectivity index (χ1v) is 13.9. The van der Waals surface area contributed by atoms with Crippen molar-refractivity contribution < 1.29 is 24.3 Å². The highest BCUT2D eigenvalue weighted by Gasteiger charge is 2.43. The summed E-state index contributed by atoms with van der Waals surface area (Å²) in [5.41, 5.74) is 3.32. The van der Waals surface area contributed by atoms with Crippen molar-refractivity contribution in [2.45, 2.75) is 84.1 Å². The van der Waals surface area contributed by atoms with E-state index in [9.17, 15) is 24.3 Å². The molecule has 0 fully saturated rings.